The first kappa shape index (κ1) is 12.5. The van der Waals surface area contributed by atoms with Crippen molar-refractivity contribution in [3.05, 3.63) is 0 Å². The van der Waals surface area contributed by atoms with Gasteiger partial charge in [0.25, 0.3) is 0 Å². The van der Waals surface area contributed by atoms with Crippen molar-refractivity contribution in [2.24, 2.45) is 0 Å². The van der Waals surface area contributed by atoms with Gasteiger partial charge in [0.15, 0.2) is 0 Å². The number of hydrogen-bond donors (Lipinski definition) is 1. The van der Waals surface area contributed by atoms with Gasteiger partial charge in [0.1, 0.15) is 0 Å². The van der Waals surface area contributed by atoms with Crippen LogP contribution in [0, 0.1) is 0 Å². The quantitative estimate of drug-likeness (QED) is 0.800. The number of piperidine rings is 1. The summed E-state index contributed by atoms with van der Waals surface area (Å²) in [6, 6.07) is 1.40. The molecule has 0 saturated carbocycles. The van der Waals surface area contributed by atoms with E-state index in [1.807, 2.05) is 0 Å². The summed E-state index contributed by atoms with van der Waals surface area (Å²) in [6.07, 6.45) is 7.18. The van der Waals surface area contributed by atoms with Gasteiger partial charge in [0.05, 0.1) is 0 Å². The zero-order chi connectivity index (χ0) is 11.5. The molecule has 0 radical (unpaired) electrons. The molecule has 0 aromatic rings. The Kier molecular flexibility index (Phi) is 4.39. The molecule has 0 amide bonds. The average Bonchev–Trinajstić information content (AvgIpc) is 2.69. The third-order valence-corrected chi connectivity index (χ3v) is 5.39. The van der Waals surface area contributed by atoms with E-state index in [4.69, 9.17) is 0 Å². The van der Waals surface area contributed by atoms with Crippen LogP contribution in [0.4, 0.5) is 0 Å². The number of nitrogens with one attached hydrogen (secondary N) is 1. The summed E-state index contributed by atoms with van der Waals surface area (Å²) in [6.45, 7) is 5.51. The van der Waals surface area contributed by atoms with Gasteiger partial charge in [0.2, 0.25) is 0 Å². The predicted molar refractivity (Wildman–Crippen MR) is 69.1 cm³/mol. The van der Waals surface area contributed by atoms with Crippen LogP contribution in [0.5, 0.6) is 0 Å². The minimum atomic E-state index is -0.696. The highest BCUT2D eigenvalue weighted by atomic mass is 32.2. The summed E-state index contributed by atoms with van der Waals surface area (Å²) in [5.74, 6) is 0. The highest BCUT2D eigenvalue weighted by molar-refractivity contribution is 7.84. The highest BCUT2D eigenvalue weighted by Gasteiger charge is 2.35. The molecule has 2 fully saturated rings. The number of hydrogen-bond acceptors (Lipinski definition) is 3. The Morgan fingerprint density at radius 2 is 2.19 bits per heavy atom. The van der Waals surface area contributed by atoms with Crippen molar-refractivity contribution in [3.8, 4) is 0 Å². The Labute approximate surface area is 101 Å². The van der Waals surface area contributed by atoms with E-state index in [1.54, 1.807) is 6.26 Å². The van der Waals surface area contributed by atoms with Crippen LogP contribution in [-0.2, 0) is 10.8 Å². The lowest BCUT2D eigenvalue weighted by molar-refractivity contribution is 0.181. The van der Waals surface area contributed by atoms with Crippen LogP contribution in [-0.4, -0.2) is 52.3 Å². The highest BCUT2D eigenvalue weighted by Crippen LogP contribution is 2.27. The van der Waals surface area contributed by atoms with Gasteiger partial charge in [-0.05, 0) is 32.7 Å². The maximum atomic E-state index is 11.3. The van der Waals surface area contributed by atoms with Crippen molar-refractivity contribution in [1.82, 2.24) is 10.2 Å². The molecule has 0 bridgehead atoms. The molecule has 0 aromatic heterocycles. The van der Waals surface area contributed by atoms with E-state index in [-0.39, 0.29) is 5.25 Å². The summed E-state index contributed by atoms with van der Waals surface area (Å²) < 4.78 is 11.3. The van der Waals surface area contributed by atoms with Crippen LogP contribution in [0.1, 0.15) is 32.6 Å². The second-order valence-electron chi connectivity index (χ2n) is 5.21. The smallest absolute Gasteiger partial charge is 0.0441 e. The van der Waals surface area contributed by atoms with Crippen molar-refractivity contribution in [1.29, 1.82) is 0 Å². The zero-order valence-corrected chi connectivity index (χ0v) is 11.3. The van der Waals surface area contributed by atoms with Gasteiger partial charge in [0, 0.05) is 47.5 Å². The minimum Gasteiger partial charge on any atom is -0.311 e. The summed E-state index contributed by atoms with van der Waals surface area (Å²) in [7, 11) is -0.696. The summed E-state index contributed by atoms with van der Waals surface area (Å²) in [4.78, 5) is 2.63. The van der Waals surface area contributed by atoms with Crippen LogP contribution in [0.25, 0.3) is 0 Å². The maximum absolute atomic E-state index is 11.3. The Bertz CT molecular complexity index is 259. The topological polar surface area (TPSA) is 32.3 Å². The lowest BCUT2D eigenvalue weighted by atomic mass is 9.99. The molecule has 16 heavy (non-hydrogen) atoms. The molecule has 0 spiro atoms. The minimum absolute atomic E-state index is 0.276. The Balaban J connectivity index is 1.79. The van der Waals surface area contributed by atoms with Crippen LogP contribution in [0.15, 0.2) is 0 Å². The Morgan fingerprint density at radius 3 is 2.94 bits per heavy atom. The van der Waals surface area contributed by atoms with Crippen molar-refractivity contribution < 1.29 is 4.21 Å². The fourth-order valence-electron chi connectivity index (χ4n) is 2.92. The van der Waals surface area contributed by atoms with Gasteiger partial charge in [-0.1, -0.05) is 6.42 Å². The predicted octanol–water partition coefficient (Wildman–Crippen LogP) is 0.970. The molecule has 4 atom stereocenters. The fourth-order valence-corrected chi connectivity index (χ4v) is 3.25. The SMILES string of the molecule is CC(CNC1CCN2CCCCC12)S(C)=O. The zero-order valence-electron chi connectivity index (χ0n) is 10.4. The average molecular weight is 244 g/mol. The number of rotatable bonds is 4. The first-order valence-corrected chi connectivity index (χ1v) is 8.10. The molecular weight excluding hydrogens is 220 g/mol. The van der Waals surface area contributed by atoms with Crippen molar-refractivity contribution in [2.75, 3.05) is 25.9 Å². The molecule has 94 valence electrons. The third kappa shape index (κ3) is 2.84. The molecule has 2 heterocycles. The fraction of sp³-hybridized carbons (Fsp3) is 1.00. The summed E-state index contributed by atoms with van der Waals surface area (Å²) in [5.41, 5.74) is 0. The van der Waals surface area contributed by atoms with Crippen LogP contribution in [0.2, 0.25) is 0 Å². The van der Waals surface area contributed by atoms with Gasteiger partial charge in [-0.25, -0.2) is 0 Å². The van der Waals surface area contributed by atoms with Gasteiger partial charge in [-0.15, -0.1) is 0 Å². The third-order valence-electron chi connectivity index (χ3n) is 4.09. The molecule has 3 nitrogen and oxygen atoms in total. The lowest BCUT2D eigenvalue weighted by Crippen LogP contribution is -2.46. The van der Waals surface area contributed by atoms with E-state index in [0.29, 0.717) is 6.04 Å². The van der Waals surface area contributed by atoms with Gasteiger partial charge in [-0.3, -0.25) is 9.11 Å². The van der Waals surface area contributed by atoms with E-state index in [0.717, 1.165) is 12.6 Å². The largest absolute Gasteiger partial charge is 0.311 e. The van der Waals surface area contributed by atoms with E-state index in [2.05, 4.69) is 17.1 Å². The standard InChI is InChI=1S/C12H24N2OS/c1-10(16(2)15)9-13-11-6-8-14-7-4-3-5-12(11)14/h10-13H,3-9H2,1-2H3. The molecule has 1 N–H and O–H groups in total. The normalized spacial score (nSPS) is 34.6. The van der Waals surface area contributed by atoms with Crippen LogP contribution >= 0.6 is 0 Å². The van der Waals surface area contributed by atoms with Crippen LogP contribution < -0.4 is 5.32 Å². The summed E-state index contributed by atoms with van der Waals surface area (Å²) in [5, 5.41) is 3.90. The second-order valence-corrected chi connectivity index (χ2v) is 7.01. The monoisotopic (exact) mass is 244 g/mol. The number of nitrogens with zero attached hydrogens (tertiary/aromatic N) is 1. The van der Waals surface area contributed by atoms with Crippen molar-refractivity contribution in [2.45, 2.75) is 49.9 Å². The first-order chi connectivity index (χ1) is 7.68. The Hall–Kier alpha value is 0.0700. The Morgan fingerprint density at radius 1 is 1.38 bits per heavy atom. The van der Waals surface area contributed by atoms with E-state index in [9.17, 15) is 4.21 Å². The first-order valence-electron chi connectivity index (χ1n) is 6.48. The van der Waals surface area contributed by atoms with Gasteiger partial charge < -0.3 is 5.32 Å². The molecule has 2 rings (SSSR count). The maximum Gasteiger partial charge on any atom is 0.0441 e. The molecule has 2 aliphatic heterocycles. The van der Waals surface area contributed by atoms with Crippen molar-refractivity contribution in [3.63, 3.8) is 0 Å². The van der Waals surface area contributed by atoms with Crippen molar-refractivity contribution >= 4 is 10.8 Å². The molecule has 0 aromatic carbocycles. The van der Waals surface area contributed by atoms with E-state index in [1.165, 1.54) is 38.8 Å². The molecule has 4 unspecified atom stereocenters. The summed E-state index contributed by atoms with van der Waals surface area (Å²) >= 11 is 0. The van der Waals surface area contributed by atoms with Gasteiger partial charge in [-0.2, -0.15) is 0 Å². The molecular formula is C12H24N2OS. The number of fused-ring (bicyclic) bond motifs is 1. The van der Waals surface area contributed by atoms with E-state index < -0.39 is 10.8 Å². The molecule has 2 saturated heterocycles. The lowest BCUT2D eigenvalue weighted by Gasteiger charge is -2.33. The van der Waals surface area contributed by atoms with E-state index >= 15 is 0 Å². The molecule has 2 aliphatic rings. The second kappa shape index (κ2) is 5.61. The van der Waals surface area contributed by atoms with Gasteiger partial charge >= 0.3 is 0 Å². The van der Waals surface area contributed by atoms with Crippen LogP contribution in [0.3, 0.4) is 0 Å². The molecule has 0 aliphatic carbocycles. The molecule has 4 heteroatoms.